The molecule has 1 aliphatic rings. The summed E-state index contributed by atoms with van der Waals surface area (Å²) in [5.41, 5.74) is 1.07. The van der Waals surface area contributed by atoms with Crippen LogP contribution in [0.3, 0.4) is 0 Å². The first-order valence-electron chi connectivity index (χ1n) is 7.96. The third-order valence-corrected chi connectivity index (χ3v) is 4.59. The topological polar surface area (TPSA) is 73.9 Å². The molecular weight excluding hydrogens is 342 g/mol. The van der Waals surface area contributed by atoms with Gasteiger partial charge in [0.1, 0.15) is 0 Å². The Kier molecular flexibility index (Phi) is 5.23. The number of amides is 1. The lowest BCUT2D eigenvalue weighted by Crippen LogP contribution is -2.21. The summed E-state index contributed by atoms with van der Waals surface area (Å²) >= 11 is 1.52. The van der Waals surface area contributed by atoms with Crippen LogP contribution in [-0.4, -0.2) is 31.7 Å². The van der Waals surface area contributed by atoms with Crippen molar-refractivity contribution in [2.45, 2.75) is 20.3 Å². The predicted octanol–water partition coefficient (Wildman–Crippen LogP) is 3.32. The molecule has 0 radical (unpaired) electrons. The first kappa shape index (κ1) is 17.3. The van der Waals surface area contributed by atoms with Gasteiger partial charge in [-0.2, -0.15) is 0 Å². The van der Waals surface area contributed by atoms with Crippen LogP contribution >= 0.6 is 11.3 Å². The molecule has 132 valence electrons. The van der Waals surface area contributed by atoms with Gasteiger partial charge in [0.25, 0.3) is 5.91 Å². The minimum atomic E-state index is -0.490. The van der Waals surface area contributed by atoms with E-state index in [4.69, 9.17) is 14.2 Å². The summed E-state index contributed by atoms with van der Waals surface area (Å²) in [6.07, 6.45) is 0.813. The van der Waals surface area contributed by atoms with E-state index in [2.05, 4.69) is 5.32 Å². The van der Waals surface area contributed by atoms with Crippen molar-refractivity contribution < 1.29 is 23.8 Å². The van der Waals surface area contributed by atoms with Crippen molar-refractivity contribution in [1.82, 2.24) is 0 Å². The van der Waals surface area contributed by atoms with Gasteiger partial charge in [-0.1, -0.05) is 0 Å². The Morgan fingerprint density at radius 3 is 2.64 bits per heavy atom. The van der Waals surface area contributed by atoms with Crippen LogP contribution in [0.1, 0.15) is 26.5 Å². The van der Waals surface area contributed by atoms with E-state index in [9.17, 15) is 9.59 Å². The number of fused-ring (bicyclic) bond motifs is 1. The van der Waals surface area contributed by atoms with E-state index < -0.39 is 11.9 Å². The summed E-state index contributed by atoms with van der Waals surface area (Å²) in [6, 6.07) is 6.94. The number of esters is 1. The number of nitrogens with one attached hydrogen (secondary N) is 1. The molecule has 25 heavy (non-hydrogen) atoms. The maximum Gasteiger partial charge on any atom is 0.339 e. The summed E-state index contributed by atoms with van der Waals surface area (Å²) in [5.74, 6) is 0.352. The highest BCUT2D eigenvalue weighted by molar-refractivity contribution is 7.12. The molecule has 1 aromatic carbocycles. The van der Waals surface area contributed by atoms with Gasteiger partial charge < -0.3 is 19.5 Å². The Hall–Kier alpha value is -2.54. The number of carbonyl (C=O) groups excluding carboxylic acids is 2. The summed E-state index contributed by atoms with van der Waals surface area (Å²) in [5, 5.41) is 2.69. The fraction of sp³-hybridized carbons (Fsp3) is 0.333. The van der Waals surface area contributed by atoms with Gasteiger partial charge in [0.2, 0.25) is 0 Å². The van der Waals surface area contributed by atoms with Crippen molar-refractivity contribution in [2.75, 3.05) is 25.1 Å². The molecule has 0 fully saturated rings. The summed E-state index contributed by atoms with van der Waals surface area (Å²) < 4.78 is 16.2. The lowest BCUT2D eigenvalue weighted by atomic mass is 10.2. The maximum absolute atomic E-state index is 12.0. The molecule has 1 aliphatic heterocycles. The molecule has 0 aliphatic carbocycles. The zero-order valence-electron chi connectivity index (χ0n) is 14.1. The molecule has 1 amide bonds. The number of rotatable bonds is 4. The molecular formula is C18H19NO5S. The van der Waals surface area contributed by atoms with Crippen LogP contribution in [0.4, 0.5) is 5.69 Å². The predicted molar refractivity (Wildman–Crippen MR) is 94.8 cm³/mol. The van der Waals surface area contributed by atoms with Crippen molar-refractivity contribution in [3.05, 3.63) is 39.6 Å². The number of ether oxygens (including phenoxy) is 3. The Labute approximate surface area is 149 Å². The van der Waals surface area contributed by atoms with E-state index >= 15 is 0 Å². The standard InChI is InChI=1S/C18H19NO5S/c1-11-8-14(12(2)25-11)18(21)24-10-17(20)19-13-4-5-15-16(9-13)23-7-3-6-22-15/h4-5,8-9H,3,6-7,10H2,1-2H3,(H,19,20). The Balaban J connectivity index is 1.57. The molecule has 7 heteroatoms. The zero-order chi connectivity index (χ0) is 17.8. The third-order valence-electron chi connectivity index (χ3n) is 3.63. The normalized spacial score (nSPS) is 13.0. The van der Waals surface area contributed by atoms with Crippen LogP contribution in [-0.2, 0) is 9.53 Å². The number of thiophene rings is 1. The van der Waals surface area contributed by atoms with Gasteiger partial charge in [0.15, 0.2) is 18.1 Å². The van der Waals surface area contributed by atoms with Gasteiger partial charge in [-0.05, 0) is 32.0 Å². The average Bonchev–Trinajstić information content (AvgIpc) is 2.79. The van der Waals surface area contributed by atoms with Crippen molar-refractivity contribution in [3.8, 4) is 11.5 Å². The lowest BCUT2D eigenvalue weighted by Gasteiger charge is -2.10. The van der Waals surface area contributed by atoms with Crippen LogP contribution in [0.25, 0.3) is 0 Å². The highest BCUT2D eigenvalue weighted by Crippen LogP contribution is 2.32. The smallest absolute Gasteiger partial charge is 0.339 e. The van der Waals surface area contributed by atoms with E-state index in [0.717, 1.165) is 16.2 Å². The SMILES string of the molecule is Cc1cc(C(=O)OCC(=O)Nc2ccc3c(c2)OCCCO3)c(C)s1. The largest absolute Gasteiger partial charge is 0.490 e. The van der Waals surface area contributed by atoms with Gasteiger partial charge in [-0.15, -0.1) is 11.3 Å². The molecule has 2 aromatic rings. The molecule has 0 unspecified atom stereocenters. The minimum Gasteiger partial charge on any atom is -0.490 e. The molecule has 0 saturated heterocycles. The van der Waals surface area contributed by atoms with Crippen molar-refractivity contribution in [2.24, 2.45) is 0 Å². The molecule has 1 aromatic heterocycles. The number of anilines is 1. The molecule has 3 rings (SSSR count). The highest BCUT2D eigenvalue weighted by Gasteiger charge is 2.16. The number of aryl methyl sites for hydroxylation is 2. The second-order valence-electron chi connectivity index (χ2n) is 5.66. The van der Waals surface area contributed by atoms with Crippen molar-refractivity contribution in [3.63, 3.8) is 0 Å². The quantitative estimate of drug-likeness (QED) is 0.846. The molecule has 6 nitrogen and oxygen atoms in total. The number of hydrogen-bond acceptors (Lipinski definition) is 6. The van der Waals surface area contributed by atoms with Crippen LogP contribution < -0.4 is 14.8 Å². The Bertz CT molecular complexity index is 799. The van der Waals surface area contributed by atoms with E-state index in [1.54, 1.807) is 24.3 Å². The maximum atomic E-state index is 12.0. The van der Waals surface area contributed by atoms with Gasteiger partial charge in [0, 0.05) is 27.9 Å². The zero-order valence-corrected chi connectivity index (χ0v) is 14.9. The van der Waals surface area contributed by atoms with Gasteiger partial charge in [0.05, 0.1) is 18.8 Å². The summed E-state index contributed by atoms with van der Waals surface area (Å²) in [7, 11) is 0. The number of carbonyl (C=O) groups is 2. The fourth-order valence-electron chi connectivity index (χ4n) is 2.48. The number of hydrogen-bond donors (Lipinski definition) is 1. The first-order chi connectivity index (χ1) is 12.0. The first-order valence-corrected chi connectivity index (χ1v) is 8.78. The van der Waals surface area contributed by atoms with Crippen molar-refractivity contribution in [1.29, 1.82) is 0 Å². The van der Waals surface area contributed by atoms with Crippen molar-refractivity contribution >= 4 is 28.9 Å². The molecule has 0 spiro atoms. The molecule has 0 saturated carbocycles. The highest BCUT2D eigenvalue weighted by atomic mass is 32.1. The molecule has 0 bridgehead atoms. The second-order valence-corrected chi connectivity index (χ2v) is 7.12. The van der Waals surface area contributed by atoms with E-state index in [-0.39, 0.29) is 6.61 Å². The lowest BCUT2D eigenvalue weighted by molar-refractivity contribution is -0.119. The van der Waals surface area contributed by atoms with Crippen LogP contribution in [0, 0.1) is 13.8 Å². The van der Waals surface area contributed by atoms with E-state index in [1.807, 2.05) is 13.8 Å². The van der Waals surface area contributed by atoms with Crippen LogP contribution in [0.2, 0.25) is 0 Å². The third kappa shape index (κ3) is 4.30. The van der Waals surface area contributed by atoms with Crippen LogP contribution in [0.5, 0.6) is 11.5 Å². The second kappa shape index (κ2) is 7.57. The molecule has 2 heterocycles. The number of benzene rings is 1. The van der Waals surface area contributed by atoms with Gasteiger partial charge in [-0.25, -0.2) is 4.79 Å². The molecule has 0 atom stereocenters. The summed E-state index contributed by atoms with van der Waals surface area (Å²) in [4.78, 5) is 26.0. The van der Waals surface area contributed by atoms with E-state index in [0.29, 0.717) is 36.0 Å². The Morgan fingerprint density at radius 2 is 1.92 bits per heavy atom. The van der Waals surface area contributed by atoms with E-state index in [1.165, 1.54) is 11.3 Å². The fourth-order valence-corrected chi connectivity index (χ4v) is 3.39. The summed E-state index contributed by atoms with van der Waals surface area (Å²) in [6.45, 7) is 4.61. The van der Waals surface area contributed by atoms with Gasteiger partial charge >= 0.3 is 5.97 Å². The van der Waals surface area contributed by atoms with Gasteiger partial charge in [-0.3, -0.25) is 4.79 Å². The van der Waals surface area contributed by atoms with Crippen LogP contribution in [0.15, 0.2) is 24.3 Å². The molecule has 1 N–H and O–H groups in total. The average molecular weight is 361 g/mol. The monoisotopic (exact) mass is 361 g/mol. The minimum absolute atomic E-state index is 0.346. The Morgan fingerprint density at radius 1 is 1.16 bits per heavy atom.